The van der Waals surface area contributed by atoms with Crippen molar-refractivity contribution in [2.45, 2.75) is 27.7 Å². The van der Waals surface area contributed by atoms with Gasteiger partial charge >= 0.3 is 0 Å². The molecule has 0 amide bonds. The molecular formula is C24H27O2P. The highest BCUT2D eigenvalue weighted by molar-refractivity contribution is 7.80. The molecule has 0 aliphatic carbocycles. The Hall–Kier alpha value is -2.31. The number of rotatable bonds is 5. The van der Waals surface area contributed by atoms with Crippen LogP contribution in [0.15, 0.2) is 54.6 Å². The molecule has 0 saturated carbocycles. The Morgan fingerprint density at radius 2 is 1.00 bits per heavy atom. The van der Waals surface area contributed by atoms with E-state index in [-0.39, 0.29) is 0 Å². The van der Waals surface area contributed by atoms with Crippen LogP contribution in [-0.2, 0) is 0 Å². The highest BCUT2D eigenvalue weighted by Gasteiger charge is 2.27. The Morgan fingerprint density at radius 3 is 1.41 bits per heavy atom. The van der Waals surface area contributed by atoms with Gasteiger partial charge in [0.1, 0.15) is 11.5 Å². The van der Waals surface area contributed by atoms with E-state index in [1.54, 1.807) is 14.2 Å². The van der Waals surface area contributed by atoms with Gasteiger partial charge in [-0.2, -0.15) is 0 Å². The van der Waals surface area contributed by atoms with Gasteiger partial charge in [-0.15, -0.1) is 0 Å². The van der Waals surface area contributed by atoms with Gasteiger partial charge in [0, 0.05) is 0 Å². The van der Waals surface area contributed by atoms with Crippen molar-refractivity contribution < 1.29 is 9.47 Å². The van der Waals surface area contributed by atoms with Crippen LogP contribution >= 0.6 is 7.92 Å². The molecule has 140 valence electrons. The minimum absolute atomic E-state index is 0.823. The molecular weight excluding hydrogens is 351 g/mol. The molecule has 0 N–H and O–H groups in total. The highest BCUT2D eigenvalue weighted by atomic mass is 31.1. The largest absolute Gasteiger partial charge is 0.496 e. The maximum absolute atomic E-state index is 5.79. The molecule has 3 aromatic rings. The van der Waals surface area contributed by atoms with E-state index in [1.165, 1.54) is 32.9 Å². The summed E-state index contributed by atoms with van der Waals surface area (Å²) in [5.41, 5.74) is 5.27. The van der Waals surface area contributed by atoms with E-state index < -0.39 is 7.92 Å². The van der Waals surface area contributed by atoms with E-state index in [1.807, 2.05) is 18.2 Å². The molecule has 3 rings (SSSR count). The highest BCUT2D eigenvalue weighted by Crippen LogP contribution is 2.42. The fourth-order valence-corrected chi connectivity index (χ4v) is 6.39. The van der Waals surface area contributed by atoms with Crippen LogP contribution in [0.1, 0.15) is 22.3 Å². The molecule has 0 bridgehead atoms. The predicted molar refractivity (Wildman–Crippen MR) is 117 cm³/mol. The zero-order chi connectivity index (χ0) is 19.6. The second-order valence-electron chi connectivity index (χ2n) is 6.78. The van der Waals surface area contributed by atoms with Crippen LogP contribution in [0, 0.1) is 27.7 Å². The zero-order valence-electron chi connectivity index (χ0n) is 17.0. The number of ether oxygens (including phenoxy) is 2. The van der Waals surface area contributed by atoms with Gasteiger partial charge in [0.25, 0.3) is 0 Å². The van der Waals surface area contributed by atoms with Crippen molar-refractivity contribution in [3.05, 3.63) is 76.9 Å². The fraction of sp³-hybridized carbons (Fsp3) is 0.250. The molecule has 0 aromatic heterocycles. The first-order chi connectivity index (χ1) is 13.0. The van der Waals surface area contributed by atoms with Crippen LogP contribution in [-0.4, -0.2) is 14.2 Å². The molecule has 0 unspecified atom stereocenters. The summed E-state index contributed by atoms with van der Waals surface area (Å²) in [6.07, 6.45) is 0. The summed E-state index contributed by atoms with van der Waals surface area (Å²) in [6.45, 7) is 8.78. The molecule has 27 heavy (non-hydrogen) atoms. The maximum Gasteiger partial charge on any atom is 0.130 e. The molecule has 0 radical (unpaired) electrons. The molecule has 0 heterocycles. The maximum atomic E-state index is 5.79. The lowest BCUT2D eigenvalue weighted by Crippen LogP contribution is -2.27. The number of hydrogen-bond donors (Lipinski definition) is 0. The standard InChI is InChI=1S/C24H27O2P/c1-16-10-7-14-22(18(16)3)27(23-15-8-11-17(2)19(23)4)24-20(25-5)12-9-13-21(24)26-6/h7-15H,1-6H3. The van der Waals surface area contributed by atoms with Crippen molar-refractivity contribution in [2.24, 2.45) is 0 Å². The quantitative estimate of drug-likeness (QED) is 0.600. The first-order valence-electron chi connectivity index (χ1n) is 9.13. The average Bonchev–Trinajstić information content (AvgIpc) is 2.68. The summed E-state index contributed by atoms with van der Waals surface area (Å²) in [7, 11) is 2.64. The van der Waals surface area contributed by atoms with Crippen molar-refractivity contribution in [1.82, 2.24) is 0 Å². The predicted octanol–water partition coefficient (Wildman–Crippen LogP) is 4.70. The lowest BCUT2D eigenvalue weighted by Gasteiger charge is -2.27. The van der Waals surface area contributed by atoms with E-state index >= 15 is 0 Å². The summed E-state index contributed by atoms with van der Waals surface area (Å²) in [4.78, 5) is 0. The van der Waals surface area contributed by atoms with Gasteiger partial charge in [0.05, 0.1) is 19.5 Å². The topological polar surface area (TPSA) is 18.5 Å². The Bertz CT molecular complexity index is 889. The van der Waals surface area contributed by atoms with Crippen LogP contribution < -0.4 is 25.4 Å². The molecule has 3 heteroatoms. The average molecular weight is 378 g/mol. The minimum atomic E-state index is -0.823. The SMILES string of the molecule is COc1cccc(OC)c1P(c1cccc(C)c1C)c1cccc(C)c1C. The normalized spacial score (nSPS) is 10.9. The lowest BCUT2D eigenvalue weighted by molar-refractivity contribution is 0.401. The molecule has 2 nitrogen and oxygen atoms in total. The van der Waals surface area contributed by atoms with Crippen molar-refractivity contribution in [3.8, 4) is 11.5 Å². The first-order valence-corrected chi connectivity index (χ1v) is 10.5. The van der Waals surface area contributed by atoms with E-state index in [9.17, 15) is 0 Å². The number of hydrogen-bond acceptors (Lipinski definition) is 2. The second-order valence-corrected chi connectivity index (χ2v) is 8.87. The summed E-state index contributed by atoms with van der Waals surface area (Å²) >= 11 is 0. The van der Waals surface area contributed by atoms with Gasteiger partial charge in [-0.1, -0.05) is 42.5 Å². The van der Waals surface area contributed by atoms with E-state index in [2.05, 4.69) is 64.1 Å². The molecule has 0 saturated heterocycles. The molecule has 0 aliphatic heterocycles. The van der Waals surface area contributed by atoms with Gasteiger partial charge in [-0.25, -0.2) is 0 Å². The van der Waals surface area contributed by atoms with Crippen molar-refractivity contribution in [1.29, 1.82) is 0 Å². The van der Waals surface area contributed by atoms with Gasteiger partial charge in [-0.05, 0) is 80.6 Å². The van der Waals surface area contributed by atoms with Gasteiger partial charge in [-0.3, -0.25) is 0 Å². The minimum Gasteiger partial charge on any atom is -0.496 e. The summed E-state index contributed by atoms with van der Waals surface area (Å²) in [5.74, 6) is 1.75. The smallest absolute Gasteiger partial charge is 0.130 e. The van der Waals surface area contributed by atoms with Gasteiger partial charge < -0.3 is 9.47 Å². The second kappa shape index (κ2) is 8.15. The van der Waals surface area contributed by atoms with Crippen LogP contribution in [0.25, 0.3) is 0 Å². The number of methoxy groups -OCH3 is 2. The number of aryl methyl sites for hydroxylation is 2. The lowest BCUT2D eigenvalue weighted by atomic mass is 10.1. The first kappa shape index (κ1) is 19.5. The summed E-state index contributed by atoms with van der Waals surface area (Å²) in [6, 6.07) is 19.2. The Morgan fingerprint density at radius 1 is 0.593 bits per heavy atom. The van der Waals surface area contributed by atoms with Crippen LogP contribution in [0.4, 0.5) is 0 Å². The monoisotopic (exact) mass is 378 g/mol. The van der Waals surface area contributed by atoms with E-state index in [0.29, 0.717) is 0 Å². The zero-order valence-corrected chi connectivity index (χ0v) is 17.9. The van der Waals surface area contributed by atoms with Crippen molar-refractivity contribution in [3.63, 3.8) is 0 Å². The summed E-state index contributed by atoms with van der Waals surface area (Å²) in [5, 5.41) is 3.84. The summed E-state index contributed by atoms with van der Waals surface area (Å²) < 4.78 is 11.6. The van der Waals surface area contributed by atoms with Gasteiger partial charge in [0.15, 0.2) is 0 Å². The molecule has 0 spiro atoms. The van der Waals surface area contributed by atoms with Crippen LogP contribution in [0.3, 0.4) is 0 Å². The third kappa shape index (κ3) is 3.59. The van der Waals surface area contributed by atoms with Gasteiger partial charge in [0.2, 0.25) is 0 Å². The Labute approximate surface area is 163 Å². The molecule has 0 aliphatic rings. The van der Waals surface area contributed by atoms with Crippen molar-refractivity contribution >= 4 is 23.8 Å². The van der Waals surface area contributed by atoms with Crippen LogP contribution in [0.5, 0.6) is 11.5 Å². The van der Waals surface area contributed by atoms with Crippen molar-refractivity contribution in [2.75, 3.05) is 14.2 Å². The third-order valence-corrected chi connectivity index (χ3v) is 8.08. The molecule has 0 fully saturated rings. The molecule has 3 aromatic carbocycles. The van der Waals surface area contributed by atoms with E-state index in [4.69, 9.17) is 9.47 Å². The third-order valence-electron chi connectivity index (χ3n) is 5.26. The fourth-order valence-electron chi connectivity index (χ4n) is 3.38. The Kier molecular flexibility index (Phi) is 5.87. The Balaban J connectivity index is 2.40. The molecule has 0 atom stereocenters. The van der Waals surface area contributed by atoms with Crippen LogP contribution in [0.2, 0.25) is 0 Å². The number of benzene rings is 3. The van der Waals surface area contributed by atoms with E-state index in [0.717, 1.165) is 16.8 Å².